The number of carbonyl (C=O) groups is 1. The van der Waals surface area contributed by atoms with Gasteiger partial charge in [-0.05, 0) is 29.8 Å². The average molecular weight is 434 g/mol. The van der Waals surface area contributed by atoms with Crippen molar-refractivity contribution in [2.45, 2.75) is 36.6 Å². The molecule has 1 saturated heterocycles. The molecular weight excluding hydrogens is 412 g/mol. The predicted molar refractivity (Wildman–Crippen MR) is 103 cm³/mol. The molecule has 2 aliphatic rings. The lowest BCUT2D eigenvalue weighted by molar-refractivity contribution is -0.277. The summed E-state index contributed by atoms with van der Waals surface area (Å²) < 4.78 is 16.6. The minimum absolute atomic E-state index is 0.0583. The number of Topliss-reactive ketones (excluding diaryl/α,β-unsaturated/α-hetero) is 1. The van der Waals surface area contributed by atoms with E-state index in [1.807, 2.05) is 0 Å². The van der Waals surface area contributed by atoms with Crippen LogP contribution in [0.3, 0.4) is 0 Å². The van der Waals surface area contributed by atoms with E-state index in [0.717, 1.165) is 0 Å². The Hall–Kier alpha value is -2.89. The first-order valence-corrected chi connectivity index (χ1v) is 9.61. The van der Waals surface area contributed by atoms with E-state index in [4.69, 9.17) is 14.2 Å². The number of carbonyl (C=O) groups excluding carboxylic acids is 1. The van der Waals surface area contributed by atoms with Gasteiger partial charge in [0.15, 0.2) is 17.3 Å². The van der Waals surface area contributed by atoms with E-state index in [0.29, 0.717) is 5.56 Å². The molecule has 0 aliphatic carbocycles. The van der Waals surface area contributed by atoms with Crippen molar-refractivity contribution in [3.63, 3.8) is 0 Å². The first-order chi connectivity index (χ1) is 14.8. The third kappa shape index (κ3) is 3.80. The van der Waals surface area contributed by atoms with Crippen LogP contribution in [0.25, 0.3) is 0 Å². The van der Waals surface area contributed by atoms with Crippen LogP contribution >= 0.6 is 0 Å². The minimum Gasteiger partial charge on any atom is -0.508 e. The van der Waals surface area contributed by atoms with Gasteiger partial charge < -0.3 is 44.8 Å². The van der Waals surface area contributed by atoms with Crippen LogP contribution in [0, 0.1) is 0 Å². The van der Waals surface area contributed by atoms with Crippen LogP contribution in [-0.4, -0.2) is 80.3 Å². The Morgan fingerprint density at radius 3 is 2.35 bits per heavy atom. The Balaban J connectivity index is 1.63. The molecule has 6 atom stereocenters. The molecule has 0 saturated carbocycles. The number of aliphatic hydroxyl groups is 4. The van der Waals surface area contributed by atoms with E-state index < -0.39 is 49.0 Å². The second-order valence-electron chi connectivity index (χ2n) is 7.42. The number of phenolic OH excluding ortho intramolecular Hbond substituents is 2. The summed E-state index contributed by atoms with van der Waals surface area (Å²) in [6.07, 6.45) is -7.69. The van der Waals surface area contributed by atoms with Gasteiger partial charge in [0.25, 0.3) is 0 Å². The number of benzene rings is 2. The molecule has 0 spiro atoms. The van der Waals surface area contributed by atoms with Crippen molar-refractivity contribution in [3.05, 3.63) is 47.5 Å². The fraction of sp³-hybridized carbons (Fsp3) is 0.381. The van der Waals surface area contributed by atoms with E-state index in [-0.39, 0.29) is 35.2 Å². The number of hydrogen-bond acceptors (Lipinski definition) is 10. The van der Waals surface area contributed by atoms with Crippen LogP contribution in [0.15, 0.2) is 36.4 Å². The Labute approximate surface area is 176 Å². The molecule has 0 radical (unpaired) electrons. The summed E-state index contributed by atoms with van der Waals surface area (Å²) >= 11 is 0. The molecule has 10 nitrogen and oxygen atoms in total. The largest absolute Gasteiger partial charge is 0.508 e. The quantitative estimate of drug-likeness (QED) is 0.374. The van der Waals surface area contributed by atoms with E-state index in [9.17, 15) is 35.4 Å². The Kier molecular flexibility index (Phi) is 5.73. The molecule has 6 N–H and O–H groups in total. The zero-order chi connectivity index (χ0) is 22.3. The molecule has 4 rings (SSSR count). The van der Waals surface area contributed by atoms with E-state index in [1.54, 1.807) is 12.1 Å². The number of fused-ring (bicyclic) bond motifs is 1. The first-order valence-electron chi connectivity index (χ1n) is 9.61. The lowest BCUT2D eigenvalue weighted by atomic mass is 9.88. The molecule has 0 aromatic heterocycles. The summed E-state index contributed by atoms with van der Waals surface area (Å²) in [5.41, 5.74) is 0.764. The van der Waals surface area contributed by atoms with Gasteiger partial charge in [-0.1, -0.05) is 12.1 Å². The molecule has 31 heavy (non-hydrogen) atoms. The Bertz CT molecular complexity index is 957. The molecule has 10 heteroatoms. The highest BCUT2D eigenvalue weighted by Gasteiger charge is 2.45. The zero-order valence-electron chi connectivity index (χ0n) is 16.2. The van der Waals surface area contributed by atoms with E-state index >= 15 is 0 Å². The summed E-state index contributed by atoms with van der Waals surface area (Å²) in [6, 6.07) is 8.74. The highest BCUT2D eigenvalue weighted by Crippen LogP contribution is 2.45. The first kappa shape index (κ1) is 21.3. The second kappa shape index (κ2) is 8.33. The van der Waals surface area contributed by atoms with Gasteiger partial charge in [0.05, 0.1) is 18.1 Å². The number of phenols is 2. The molecule has 1 fully saturated rings. The molecule has 0 bridgehead atoms. The van der Waals surface area contributed by atoms with Gasteiger partial charge in [-0.15, -0.1) is 0 Å². The van der Waals surface area contributed by atoms with Crippen molar-refractivity contribution in [1.29, 1.82) is 0 Å². The van der Waals surface area contributed by atoms with Crippen molar-refractivity contribution in [3.8, 4) is 23.0 Å². The topological polar surface area (TPSA) is 166 Å². The normalized spacial score (nSPS) is 30.4. The molecule has 2 heterocycles. The average Bonchev–Trinajstić information content (AvgIpc) is 2.76. The Morgan fingerprint density at radius 1 is 0.968 bits per heavy atom. The summed E-state index contributed by atoms with van der Waals surface area (Å²) in [4.78, 5) is 13.0. The maximum atomic E-state index is 13.0. The van der Waals surface area contributed by atoms with Gasteiger partial charge in [-0.25, -0.2) is 0 Å². The van der Waals surface area contributed by atoms with Crippen LogP contribution in [-0.2, 0) is 4.74 Å². The standard InChI is InChI=1S/C21H22O10/c22-7-14-16(26)17(27)18(28)21(30-14)31-20-13(24)6-5-11-15(25)12(8-29-19(11)20)9-1-3-10(23)4-2-9/h1-6,12,14,16-18,21-24,26-28H,7-8H2/t12-,14-,16-,17+,18-,21+/m0/s1. The molecule has 2 aromatic rings. The van der Waals surface area contributed by atoms with Crippen molar-refractivity contribution in [2.75, 3.05) is 13.2 Å². The minimum atomic E-state index is -1.70. The van der Waals surface area contributed by atoms with Crippen LogP contribution in [0.5, 0.6) is 23.0 Å². The summed E-state index contributed by atoms with van der Waals surface area (Å²) in [6.45, 7) is -0.710. The van der Waals surface area contributed by atoms with Crippen LogP contribution in [0.1, 0.15) is 21.8 Å². The monoisotopic (exact) mass is 434 g/mol. The number of rotatable bonds is 4. The van der Waals surface area contributed by atoms with Gasteiger partial charge in [-0.3, -0.25) is 4.79 Å². The van der Waals surface area contributed by atoms with Crippen molar-refractivity contribution >= 4 is 5.78 Å². The highest BCUT2D eigenvalue weighted by atomic mass is 16.7. The molecule has 166 valence electrons. The summed E-state index contributed by atoms with van der Waals surface area (Å²) in [7, 11) is 0. The fourth-order valence-electron chi connectivity index (χ4n) is 3.67. The van der Waals surface area contributed by atoms with Gasteiger partial charge in [0.1, 0.15) is 36.8 Å². The van der Waals surface area contributed by atoms with Crippen LogP contribution < -0.4 is 9.47 Å². The smallest absolute Gasteiger partial charge is 0.229 e. The summed E-state index contributed by atoms with van der Waals surface area (Å²) in [5.74, 6) is -1.61. The van der Waals surface area contributed by atoms with Crippen molar-refractivity contribution in [2.24, 2.45) is 0 Å². The lowest BCUT2D eigenvalue weighted by Crippen LogP contribution is -2.60. The fourth-order valence-corrected chi connectivity index (χ4v) is 3.67. The Morgan fingerprint density at radius 2 is 1.68 bits per heavy atom. The highest BCUT2D eigenvalue weighted by molar-refractivity contribution is 6.05. The van der Waals surface area contributed by atoms with E-state index in [1.165, 1.54) is 24.3 Å². The van der Waals surface area contributed by atoms with Gasteiger partial charge in [0.2, 0.25) is 12.0 Å². The number of aromatic hydroxyl groups is 2. The van der Waals surface area contributed by atoms with Crippen molar-refractivity contribution < 1.29 is 49.6 Å². The molecule has 0 amide bonds. The number of ketones is 1. The third-order valence-corrected chi connectivity index (χ3v) is 5.45. The zero-order valence-corrected chi connectivity index (χ0v) is 16.2. The van der Waals surface area contributed by atoms with Gasteiger partial charge >= 0.3 is 0 Å². The van der Waals surface area contributed by atoms with E-state index in [2.05, 4.69) is 0 Å². The molecule has 0 unspecified atom stereocenters. The number of ether oxygens (including phenoxy) is 3. The van der Waals surface area contributed by atoms with Gasteiger partial charge in [0, 0.05) is 0 Å². The number of hydrogen-bond donors (Lipinski definition) is 6. The van der Waals surface area contributed by atoms with Crippen LogP contribution in [0.4, 0.5) is 0 Å². The second-order valence-corrected chi connectivity index (χ2v) is 7.42. The molecule has 2 aromatic carbocycles. The maximum absolute atomic E-state index is 13.0. The number of aliphatic hydroxyl groups excluding tert-OH is 4. The van der Waals surface area contributed by atoms with Gasteiger partial charge in [-0.2, -0.15) is 0 Å². The van der Waals surface area contributed by atoms with Crippen molar-refractivity contribution in [1.82, 2.24) is 0 Å². The maximum Gasteiger partial charge on any atom is 0.229 e. The third-order valence-electron chi connectivity index (χ3n) is 5.45. The van der Waals surface area contributed by atoms with Crippen LogP contribution in [0.2, 0.25) is 0 Å². The predicted octanol–water partition coefficient (Wildman–Crippen LogP) is -0.365. The SMILES string of the molecule is O=C1c2ccc(O)c(O[C@H]3O[C@@H](CO)[C@H](O)[C@@H](O)[C@@H]3O)c2OC[C@H]1c1ccc(O)cc1. The summed E-state index contributed by atoms with van der Waals surface area (Å²) in [5, 5.41) is 59.1. The lowest BCUT2D eigenvalue weighted by Gasteiger charge is -2.40. The molecule has 2 aliphatic heterocycles. The molecular formula is C21H22O10.